The first-order valence-corrected chi connectivity index (χ1v) is 5.74. The fourth-order valence-electron chi connectivity index (χ4n) is 1.20. The minimum atomic E-state index is 0.431. The molecule has 0 aliphatic carbocycles. The molecule has 0 spiro atoms. The SMILES string of the molecule is CCNCc1noc(-c2ncccc2Br)n1. The van der Waals surface area contributed by atoms with E-state index < -0.39 is 0 Å². The van der Waals surface area contributed by atoms with Crippen LogP contribution in [0.15, 0.2) is 27.3 Å². The van der Waals surface area contributed by atoms with E-state index >= 15 is 0 Å². The van der Waals surface area contributed by atoms with Gasteiger partial charge in [-0.1, -0.05) is 12.1 Å². The molecule has 2 heterocycles. The number of hydrogen-bond donors (Lipinski definition) is 1. The summed E-state index contributed by atoms with van der Waals surface area (Å²) in [5, 5.41) is 6.99. The summed E-state index contributed by atoms with van der Waals surface area (Å²) in [5.41, 5.74) is 0.665. The minimum Gasteiger partial charge on any atom is -0.332 e. The standard InChI is InChI=1S/C10H11BrN4O/c1-2-12-6-8-14-10(16-15-8)9-7(11)4-3-5-13-9/h3-5,12H,2,6H2,1H3. The van der Waals surface area contributed by atoms with Crippen molar-refractivity contribution in [3.05, 3.63) is 28.6 Å². The van der Waals surface area contributed by atoms with Crippen molar-refractivity contribution in [2.45, 2.75) is 13.5 Å². The molecule has 0 saturated heterocycles. The van der Waals surface area contributed by atoms with E-state index in [9.17, 15) is 0 Å². The van der Waals surface area contributed by atoms with E-state index in [1.54, 1.807) is 6.20 Å². The third kappa shape index (κ3) is 2.45. The number of nitrogens with one attached hydrogen (secondary N) is 1. The summed E-state index contributed by atoms with van der Waals surface area (Å²) >= 11 is 3.39. The van der Waals surface area contributed by atoms with Gasteiger partial charge in [-0.15, -0.1) is 0 Å². The largest absolute Gasteiger partial charge is 0.332 e. The van der Waals surface area contributed by atoms with E-state index in [1.165, 1.54) is 0 Å². The summed E-state index contributed by atoms with van der Waals surface area (Å²) in [6.45, 7) is 3.50. The van der Waals surface area contributed by atoms with E-state index in [4.69, 9.17) is 4.52 Å². The normalized spacial score (nSPS) is 10.6. The molecule has 0 bridgehead atoms. The van der Waals surface area contributed by atoms with Gasteiger partial charge in [-0.05, 0) is 34.6 Å². The highest BCUT2D eigenvalue weighted by Gasteiger charge is 2.12. The third-order valence-electron chi connectivity index (χ3n) is 1.96. The number of pyridine rings is 1. The van der Waals surface area contributed by atoms with Crippen molar-refractivity contribution in [2.75, 3.05) is 6.54 Å². The van der Waals surface area contributed by atoms with Crippen LogP contribution in [0.3, 0.4) is 0 Å². The van der Waals surface area contributed by atoms with Crippen molar-refractivity contribution in [1.29, 1.82) is 0 Å². The minimum absolute atomic E-state index is 0.431. The van der Waals surface area contributed by atoms with Crippen LogP contribution in [-0.2, 0) is 6.54 Å². The Balaban J connectivity index is 2.22. The van der Waals surface area contributed by atoms with Crippen molar-refractivity contribution in [2.24, 2.45) is 0 Å². The molecule has 0 radical (unpaired) electrons. The summed E-state index contributed by atoms with van der Waals surface area (Å²) in [5.74, 6) is 1.06. The van der Waals surface area contributed by atoms with Gasteiger partial charge < -0.3 is 9.84 Å². The van der Waals surface area contributed by atoms with Gasteiger partial charge in [0, 0.05) is 10.7 Å². The van der Waals surface area contributed by atoms with E-state index in [2.05, 4.69) is 36.4 Å². The molecule has 0 atom stereocenters. The van der Waals surface area contributed by atoms with E-state index in [-0.39, 0.29) is 0 Å². The zero-order valence-corrected chi connectivity index (χ0v) is 10.4. The Labute approximate surface area is 101 Å². The molecule has 84 valence electrons. The molecular weight excluding hydrogens is 272 g/mol. The molecular formula is C10H11BrN4O. The van der Waals surface area contributed by atoms with Gasteiger partial charge in [0.25, 0.3) is 5.89 Å². The van der Waals surface area contributed by atoms with Crippen LogP contribution in [0.5, 0.6) is 0 Å². The number of nitrogens with zero attached hydrogens (tertiary/aromatic N) is 3. The van der Waals surface area contributed by atoms with Gasteiger partial charge in [-0.3, -0.25) is 0 Å². The van der Waals surface area contributed by atoms with Crippen LogP contribution in [0, 0.1) is 0 Å². The lowest BCUT2D eigenvalue weighted by atomic mass is 10.3. The number of rotatable bonds is 4. The molecule has 0 amide bonds. The average molecular weight is 283 g/mol. The lowest BCUT2D eigenvalue weighted by molar-refractivity contribution is 0.418. The molecule has 0 aliphatic heterocycles. The Morgan fingerprint density at radius 1 is 1.50 bits per heavy atom. The molecule has 1 N–H and O–H groups in total. The monoisotopic (exact) mass is 282 g/mol. The molecule has 0 fully saturated rings. The topological polar surface area (TPSA) is 63.8 Å². The third-order valence-corrected chi connectivity index (χ3v) is 2.60. The zero-order valence-electron chi connectivity index (χ0n) is 8.77. The first-order chi connectivity index (χ1) is 7.81. The van der Waals surface area contributed by atoms with E-state index in [0.717, 1.165) is 11.0 Å². The van der Waals surface area contributed by atoms with Crippen LogP contribution in [0.4, 0.5) is 0 Å². The molecule has 6 heteroatoms. The lowest BCUT2D eigenvalue weighted by Gasteiger charge is -1.95. The second kappa shape index (κ2) is 5.18. The van der Waals surface area contributed by atoms with Gasteiger partial charge in [-0.25, -0.2) is 4.98 Å². The van der Waals surface area contributed by atoms with Crippen molar-refractivity contribution >= 4 is 15.9 Å². The quantitative estimate of drug-likeness (QED) is 0.929. The van der Waals surface area contributed by atoms with Crippen LogP contribution in [0.1, 0.15) is 12.7 Å². The fourth-order valence-corrected chi connectivity index (χ4v) is 1.63. The summed E-state index contributed by atoms with van der Waals surface area (Å²) in [4.78, 5) is 8.42. The maximum atomic E-state index is 5.13. The van der Waals surface area contributed by atoms with E-state index in [0.29, 0.717) is 24.0 Å². The zero-order chi connectivity index (χ0) is 11.4. The Kier molecular flexibility index (Phi) is 3.63. The van der Waals surface area contributed by atoms with Crippen molar-refractivity contribution in [1.82, 2.24) is 20.4 Å². The van der Waals surface area contributed by atoms with Crippen molar-refractivity contribution in [3.8, 4) is 11.6 Å². The van der Waals surface area contributed by atoms with Gasteiger partial charge in [0.15, 0.2) is 5.82 Å². The highest BCUT2D eigenvalue weighted by molar-refractivity contribution is 9.10. The van der Waals surface area contributed by atoms with Crippen molar-refractivity contribution in [3.63, 3.8) is 0 Å². The van der Waals surface area contributed by atoms with Crippen LogP contribution >= 0.6 is 15.9 Å². The number of halogens is 1. The fraction of sp³-hybridized carbons (Fsp3) is 0.300. The Bertz CT molecular complexity index is 471. The summed E-state index contributed by atoms with van der Waals surface area (Å²) in [7, 11) is 0. The maximum Gasteiger partial charge on any atom is 0.277 e. The second-order valence-electron chi connectivity index (χ2n) is 3.13. The Morgan fingerprint density at radius 3 is 3.12 bits per heavy atom. The van der Waals surface area contributed by atoms with Crippen LogP contribution < -0.4 is 5.32 Å². The molecule has 5 nitrogen and oxygen atoms in total. The molecule has 0 aromatic carbocycles. The average Bonchev–Trinajstić information content (AvgIpc) is 2.75. The first kappa shape index (κ1) is 11.2. The van der Waals surface area contributed by atoms with Crippen molar-refractivity contribution < 1.29 is 4.52 Å². The molecule has 2 aromatic heterocycles. The van der Waals surface area contributed by atoms with Crippen LogP contribution in [-0.4, -0.2) is 21.7 Å². The Morgan fingerprint density at radius 2 is 2.38 bits per heavy atom. The predicted molar refractivity (Wildman–Crippen MR) is 62.6 cm³/mol. The molecule has 0 unspecified atom stereocenters. The summed E-state index contributed by atoms with van der Waals surface area (Å²) in [6.07, 6.45) is 1.69. The van der Waals surface area contributed by atoms with E-state index in [1.807, 2.05) is 19.1 Å². The van der Waals surface area contributed by atoms with Gasteiger partial charge >= 0.3 is 0 Å². The molecule has 2 rings (SSSR count). The summed E-state index contributed by atoms with van der Waals surface area (Å²) in [6, 6.07) is 3.72. The molecule has 0 aliphatic rings. The predicted octanol–water partition coefficient (Wildman–Crippen LogP) is 2.00. The summed E-state index contributed by atoms with van der Waals surface area (Å²) < 4.78 is 5.98. The number of aromatic nitrogens is 3. The second-order valence-corrected chi connectivity index (χ2v) is 3.98. The maximum absolute atomic E-state index is 5.13. The lowest BCUT2D eigenvalue weighted by Crippen LogP contribution is -2.12. The smallest absolute Gasteiger partial charge is 0.277 e. The molecule has 2 aromatic rings. The van der Waals surface area contributed by atoms with Gasteiger partial charge in [0.05, 0.1) is 6.54 Å². The molecule has 0 saturated carbocycles. The van der Waals surface area contributed by atoms with Gasteiger partial charge in [0.1, 0.15) is 5.69 Å². The van der Waals surface area contributed by atoms with Crippen LogP contribution in [0.2, 0.25) is 0 Å². The van der Waals surface area contributed by atoms with Gasteiger partial charge in [0.2, 0.25) is 0 Å². The first-order valence-electron chi connectivity index (χ1n) is 4.95. The highest BCUT2D eigenvalue weighted by Crippen LogP contribution is 2.23. The number of hydrogen-bond acceptors (Lipinski definition) is 5. The van der Waals surface area contributed by atoms with Crippen LogP contribution in [0.25, 0.3) is 11.6 Å². The Hall–Kier alpha value is -1.27. The highest BCUT2D eigenvalue weighted by atomic mass is 79.9. The van der Waals surface area contributed by atoms with Gasteiger partial charge in [-0.2, -0.15) is 4.98 Å². The molecule has 16 heavy (non-hydrogen) atoms.